The van der Waals surface area contributed by atoms with Gasteiger partial charge in [-0.15, -0.1) is 0 Å². The van der Waals surface area contributed by atoms with Crippen molar-refractivity contribution in [1.82, 2.24) is 4.90 Å². The monoisotopic (exact) mass is 343 g/mol. The summed E-state index contributed by atoms with van der Waals surface area (Å²) >= 11 is 3.27. The van der Waals surface area contributed by atoms with Crippen LogP contribution in [0.25, 0.3) is 0 Å². The molecule has 0 aromatic carbocycles. The summed E-state index contributed by atoms with van der Waals surface area (Å²) < 4.78 is 0. The van der Waals surface area contributed by atoms with Gasteiger partial charge >= 0.3 is 0 Å². The molecule has 4 heteroatoms. The lowest BCUT2D eigenvalue weighted by Crippen LogP contribution is -2.33. The zero-order chi connectivity index (χ0) is 15.1. The summed E-state index contributed by atoms with van der Waals surface area (Å²) in [5.41, 5.74) is 1.08. The first-order chi connectivity index (χ1) is 9.41. The predicted octanol–water partition coefficient (Wildman–Crippen LogP) is 3.71. The number of alkyl halides is 1. The number of hydrogen-bond donors (Lipinski definition) is 0. The molecule has 114 valence electrons. The van der Waals surface area contributed by atoms with Crippen LogP contribution in [0.4, 0.5) is 0 Å². The number of rotatable bonds is 1. The highest BCUT2D eigenvalue weighted by molar-refractivity contribution is 9.09. The summed E-state index contributed by atoms with van der Waals surface area (Å²) in [6, 6.07) is 0. The van der Waals surface area contributed by atoms with Gasteiger partial charge in [0.2, 0.25) is 5.91 Å². The maximum absolute atomic E-state index is 12.1. The molecule has 1 heterocycles. The number of amides is 1. The minimum Gasteiger partial charge on any atom is -0.345 e. The van der Waals surface area contributed by atoms with E-state index < -0.39 is 0 Å². The highest BCUT2D eigenvalue weighted by atomic mass is 79.9. The van der Waals surface area contributed by atoms with Crippen molar-refractivity contribution in [3.63, 3.8) is 0 Å². The molecule has 0 spiro atoms. The van der Waals surface area contributed by atoms with E-state index in [9.17, 15) is 9.59 Å². The second-order valence-corrected chi connectivity index (χ2v) is 7.69. The number of carbonyl (C=O) groups is 2. The van der Waals surface area contributed by atoms with Gasteiger partial charge in [-0.1, -0.05) is 41.8 Å². The molecule has 0 bridgehead atoms. The van der Waals surface area contributed by atoms with Crippen LogP contribution in [0.1, 0.15) is 52.4 Å². The van der Waals surface area contributed by atoms with Crippen LogP contribution in [0.3, 0.4) is 0 Å². The van der Waals surface area contributed by atoms with Crippen LogP contribution >= 0.6 is 15.9 Å². The molecule has 0 saturated carbocycles. The average molecular weight is 344 g/mol. The Hall–Kier alpha value is -0.640. The van der Waals surface area contributed by atoms with E-state index in [4.69, 9.17) is 0 Å². The third-order valence-electron chi connectivity index (χ3n) is 3.59. The van der Waals surface area contributed by atoms with Gasteiger partial charge in [-0.25, -0.2) is 0 Å². The van der Waals surface area contributed by atoms with E-state index >= 15 is 0 Å². The number of allylic oxidation sites excluding steroid dienone is 1. The lowest BCUT2D eigenvalue weighted by molar-refractivity contribution is -0.132. The van der Waals surface area contributed by atoms with Gasteiger partial charge in [-0.05, 0) is 31.8 Å². The smallest absolute Gasteiger partial charge is 0.229 e. The fourth-order valence-corrected chi connectivity index (χ4v) is 2.63. The molecule has 1 atom stereocenters. The third kappa shape index (κ3) is 5.78. The Morgan fingerprint density at radius 2 is 1.85 bits per heavy atom. The first kappa shape index (κ1) is 17.4. The Morgan fingerprint density at radius 1 is 1.20 bits per heavy atom. The largest absolute Gasteiger partial charge is 0.345 e. The molecule has 3 nitrogen and oxygen atoms in total. The summed E-state index contributed by atoms with van der Waals surface area (Å²) in [6.45, 7) is 5.02. The van der Waals surface area contributed by atoms with E-state index in [-0.39, 0.29) is 17.6 Å². The van der Waals surface area contributed by atoms with Crippen molar-refractivity contribution in [2.24, 2.45) is 5.92 Å². The van der Waals surface area contributed by atoms with Gasteiger partial charge < -0.3 is 4.90 Å². The van der Waals surface area contributed by atoms with Gasteiger partial charge in [0.05, 0.1) is 5.92 Å². The third-order valence-corrected chi connectivity index (χ3v) is 3.59. The Kier molecular flexibility index (Phi) is 7.49. The summed E-state index contributed by atoms with van der Waals surface area (Å²) in [4.78, 5) is 26.0. The van der Waals surface area contributed by atoms with Crippen LogP contribution in [0.2, 0.25) is 0 Å². The lowest BCUT2D eigenvalue weighted by atomic mass is 9.85. The fourth-order valence-electron chi connectivity index (χ4n) is 2.63. The Balaban J connectivity index is 0.000000444. The van der Waals surface area contributed by atoms with E-state index in [2.05, 4.69) is 29.8 Å². The summed E-state index contributed by atoms with van der Waals surface area (Å²) in [5.74, 6) is 0.385. The van der Waals surface area contributed by atoms with Crippen molar-refractivity contribution in [1.29, 1.82) is 0 Å². The van der Waals surface area contributed by atoms with Crippen LogP contribution in [0, 0.1) is 5.92 Å². The zero-order valence-electron chi connectivity index (χ0n) is 12.8. The van der Waals surface area contributed by atoms with Crippen LogP contribution in [0.5, 0.6) is 0 Å². The van der Waals surface area contributed by atoms with E-state index in [1.807, 2.05) is 11.9 Å². The first-order valence-corrected chi connectivity index (χ1v) is 8.45. The van der Waals surface area contributed by atoms with E-state index in [0.717, 1.165) is 44.2 Å². The zero-order valence-corrected chi connectivity index (χ0v) is 14.4. The Bertz CT molecular complexity index is 374. The normalized spacial score (nSPS) is 23.9. The number of nitrogens with zero attached hydrogens (tertiary/aromatic N) is 1. The number of likely N-dealkylation sites (tertiary alicyclic amines) is 1. The standard InChI is InChI=1S/C13H19NO2.C3H7Br/c1-14-8-3-2-7-12(13(14)16)10-5-4-6-11(15)9-10;1-3(2)4/h9,12H,2-8H2,1H3;3H,1-2H3. The topological polar surface area (TPSA) is 37.4 Å². The maximum atomic E-state index is 12.1. The molecule has 0 radical (unpaired) electrons. The van der Waals surface area contributed by atoms with E-state index in [1.54, 1.807) is 6.08 Å². The molecule has 1 amide bonds. The van der Waals surface area contributed by atoms with Crippen molar-refractivity contribution in [3.05, 3.63) is 11.6 Å². The van der Waals surface area contributed by atoms with Gasteiger partial charge in [0.15, 0.2) is 5.78 Å². The van der Waals surface area contributed by atoms with Gasteiger partial charge in [-0.2, -0.15) is 0 Å². The van der Waals surface area contributed by atoms with Gasteiger partial charge in [0, 0.05) is 24.8 Å². The van der Waals surface area contributed by atoms with E-state index in [0.29, 0.717) is 11.2 Å². The van der Waals surface area contributed by atoms with Crippen molar-refractivity contribution in [2.75, 3.05) is 13.6 Å². The highest BCUT2D eigenvalue weighted by Crippen LogP contribution is 2.29. The fraction of sp³-hybridized carbons (Fsp3) is 0.750. The highest BCUT2D eigenvalue weighted by Gasteiger charge is 2.29. The van der Waals surface area contributed by atoms with E-state index in [1.165, 1.54) is 0 Å². The first-order valence-electron chi connectivity index (χ1n) is 7.54. The number of hydrogen-bond acceptors (Lipinski definition) is 2. The van der Waals surface area contributed by atoms with Crippen LogP contribution in [-0.2, 0) is 9.59 Å². The molecular formula is C16H26BrNO2. The van der Waals surface area contributed by atoms with Crippen molar-refractivity contribution in [2.45, 2.75) is 57.2 Å². The van der Waals surface area contributed by atoms with Crippen LogP contribution in [0.15, 0.2) is 11.6 Å². The van der Waals surface area contributed by atoms with Gasteiger partial charge in [-0.3, -0.25) is 9.59 Å². The lowest BCUT2D eigenvalue weighted by Gasteiger charge is -2.23. The molecule has 1 saturated heterocycles. The second-order valence-electron chi connectivity index (χ2n) is 5.86. The minimum absolute atomic E-state index is 0.0169. The summed E-state index contributed by atoms with van der Waals surface area (Å²) in [7, 11) is 1.87. The van der Waals surface area contributed by atoms with Crippen molar-refractivity contribution < 1.29 is 9.59 Å². The number of carbonyl (C=O) groups excluding carboxylic acids is 2. The molecular weight excluding hydrogens is 318 g/mol. The molecule has 20 heavy (non-hydrogen) atoms. The second kappa shape index (κ2) is 8.60. The molecule has 0 aromatic rings. The van der Waals surface area contributed by atoms with Gasteiger partial charge in [0.1, 0.15) is 0 Å². The average Bonchev–Trinajstić information content (AvgIpc) is 2.52. The number of halogens is 1. The van der Waals surface area contributed by atoms with Crippen LogP contribution in [-0.4, -0.2) is 35.0 Å². The maximum Gasteiger partial charge on any atom is 0.229 e. The SMILES string of the molecule is CC(C)Br.CN1CCCCC(C2=CC(=O)CCC2)C1=O. The number of ketones is 1. The molecule has 1 aliphatic heterocycles. The predicted molar refractivity (Wildman–Crippen MR) is 86.0 cm³/mol. The molecule has 2 aliphatic rings. The Morgan fingerprint density at radius 3 is 2.45 bits per heavy atom. The summed E-state index contributed by atoms with van der Waals surface area (Å²) in [5, 5.41) is 0. The molecule has 2 rings (SSSR count). The van der Waals surface area contributed by atoms with Crippen molar-refractivity contribution in [3.8, 4) is 0 Å². The summed E-state index contributed by atoms with van der Waals surface area (Å²) in [6.07, 6.45) is 7.31. The van der Waals surface area contributed by atoms with Gasteiger partial charge in [0.25, 0.3) is 0 Å². The Labute approximate surface area is 130 Å². The minimum atomic E-state index is -0.0169. The molecule has 1 fully saturated rings. The van der Waals surface area contributed by atoms with Crippen molar-refractivity contribution >= 4 is 27.6 Å². The molecule has 0 aromatic heterocycles. The molecule has 1 aliphatic carbocycles. The quantitative estimate of drug-likeness (QED) is 0.680. The molecule has 1 unspecified atom stereocenters. The van der Waals surface area contributed by atoms with Crippen LogP contribution < -0.4 is 0 Å². The molecule has 0 N–H and O–H groups in total.